The van der Waals surface area contributed by atoms with E-state index < -0.39 is 0 Å². The fourth-order valence-corrected chi connectivity index (χ4v) is 5.35. The number of hydrogen-bond donors (Lipinski definition) is 2. The summed E-state index contributed by atoms with van der Waals surface area (Å²) in [7, 11) is 0. The zero-order chi connectivity index (χ0) is 25.0. The van der Waals surface area contributed by atoms with E-state index in [-0.39, 0.29) is 23.4 Å². The topological polar surface area (TPSA) is 77.6 Å². The number of nitrogens with zero attached hydrogens (tertiary/aromatic N) is 3. The van der Waals surface area contributed by atoms with Gasteiger partial charge in [0.25, 0.3) is 0 Å². The first-order valence-corrected chi connectivity index (χ1v) is 13.0. The van der Waals surface area contributed by atoms with Gasteiger partial charge in [-0.15, -0.1) is 0 Å². The molecule has 1 aromatic carbocycles. The molecule has 2 heterocycles. The molecule has 1 aromatic heterocycles. The number of anilines is 1. The smallest absolute Gasteiger partial charge is 0.319 e. The van der Waals surface area contributed by atoms with Gasteiger partial charge >= 0.3 is 6.03 Å². The number of benzene rings is 1. The van der Waals surface area contributed by atoms with Crippen LogP contribution < -0.4 is 10.6 Å². The summed E-state index contributed by atoms with van der Waals surface area (Å²) in [5.41, 5.74) is 3.24. The van der Waals surface area contributed by atoms with Crippen molar-refractivity contribution in [3.8, 4) is 0 Å². The Kier molecular flexibility index (Phi) is 7.97. The molecule has 0 radical (unpaired) electrons. The Bertz CT molecular complexity index is 1030. The molecule has 0 spiro atoms. The average Bonchev–Trinajstić information content (AvgIpc) is 3.62. The summed E-state index contributed by atoms with van der Waals surface area (Å²) in [6, 6.07) is 11.5. The first kappa shape index (κ1) is 25.5. The SMILES string of the molecule is CCN(C(=O)C1(c2ccc(Cl)cc2)CC1)C1CCN(CCNC(=O)Nc2cc(C)nc(C)c2)CC1. The second-order valence-corrected chi connectivity index (χ2v) is 10.2. The summed E-state index contributed by atoms with van der Waals surface area (Å²) in [6.45, 7) is 9.86. The summed E-state index contributed by atoms with van der Waals surface area (Å²) in [6.07, 6.45) is 3.74. The summed E-state index contributed by atoms with van der Waals surface area (Å²) < 4.78 is 0. The van der Waals surface area contributed by atoms with Crippen molar-refractivity contribution in [3.05, 3.63) is 58.4 Å². The second-order valence-electron chi connectivity index (χ2n) is 9.77. The van der Waals surface area contributed by atoms with E-state index in [0.717, 1.165) is 74.5 Å². The minimum absolute atomic E-state index is 0.204. The van der Waals surface area contributed by atoms with Crippen LogP contribution in [0.2, 0.25) is 5.02 Å². The van der Waals surface area contributed by atoms with Gasteiger partial charge in [-0.3, -0.25) is 9.78 Å². The van der Waals surface area contributed by atoms with Gasteiger partial charge in [-0.2, -0.15) is 0 Å². The number of nitrogens with one attached hydrogen (secondary N) is 2. The molecule has 188 valence electrons. The van der Waals surface area contributed by atoms with E-state index in [1.165, 1.54) is 0 Å². The first-order valence-electron chi connectivity index (χ1n) is 12.6. The lowest BCUT2D eigenvalue weighted by Gasteiger charge is -2.39. The van der Waals surface area contributed by atoms with E-state index in [1.54, 1.807) is 0 Å². The number of hydrogen-bond acceptors (Lipinski definition) is 4. The van der Waals surface area contributed by atoms with E-state index >= 15 is 0 Å². The maximum Gasteiger partial charge on any atom is 0.319 e. The van der Waals surface area contributed by atoms with Gasteiger partial charge in [0.1, 0.15) is 0 Å². The number of carbonyl (C=O) groups excluding carboxylic acids is 2. The van der Waals surface area contributed by atoms with Crippen LogP contribution in [0.25, 0.3) is 0 Å². The molecule has 1 saturated heterocycles. The summed E-state index contributed by atoms with van der Waals surface area (Å²) in [5, 5.41) is 6.53. The highest BCUT2D eigenvalue weighted by Gasteiger charge is 2.53. The number of urea groups is 1. The number of likely N-dealkylation sites (N-methyl/N-ethyl adjacent to an activating group) is 1. The summed E-state index contributed by atoms with van der Waals surface area (Å²) in [4.78, 5) is 34.6. The third-order valence-electron chi connectivity index (χ3n) is 7.21. The van der Waals surface area contributed by atoms with Crippen LogP contribution in [0.3, 0.4) is 0 Å². The van der Waals surface area contributed by atoms with Crippen LogP contribution in [0.5, 0.6) is 0 Å². The molecule has 3 amide bonds. The van der Waals surface area contributed by atoms with Crippen LogP contribution in [-0.4, -0.2) is 65.5 Å². The number of rotatable bonds is 8. The Hall–Kier alpha value is -2.64. The zero-order valence-corrected chi connectivity index (χ0v) is 21.7. The van der Waals surface area contributed by atoms with Crippen molar-refractivity contribution in [2.24, 2.45) is 0 Å². The number of halogens is 1. The molecule has 2 aromatic rings. The highest BCUT2D eigenvalue weighted by Crippen LogP contribution is 2.50. The molecule has 1 aliphatic heterocycles. The van der Waals surface area contributed by atoms with Crippen LogP contribution in [0.15, 0.2) is 36.4 Å². The van der Waals surface area contributed by atoms with Crippen molar-refractivity contribution < 1.29 is 9.59 Å². The van der Waals surface area contributed by atoms with Crippen molar-refractivity contribution in [3.63, 3.8) is 0 Å². The van der Waals surface area contributed by atoms with Crippen LogP contribution in [-0.2, 0) is 10.2 Å². The normalized spacial score (nSPS) is 17.6. The molecule has 0 atom stereocenters. The van der Waals surface area contributed by atoms with Crippen LogP contribution >= 0.6 is 11.6 Å². The molecular formula is C27H36ClN5O2. The highest BCUT2D eigenvalue weighted by molar-refractivity contribution is 6.30. The first-order chi connectivity index (χ1) is 16.8. The van der Waals surface area contributed by atoms with Crippen molar-refractivity contribution in [1.29, 1.82) is 0 Å². The maximum absolute atomic E-state index is 13.6. The van der Waals surface area contributed by atoms with Crippen LogP contribution in [0.4, 0.5) is 10.5 Å². The Morgan fingerprint density at radius 2 is 1.74 bits per heavy atom. The standard InChI is InChI=1S/C27H36ClN5O2/c1-4-33(25(34)27(11-12-27)21-5-7-22(28)8-6-21)24-9-14-32(15-10-24)16-13-29-26(35)31-23-17-19(2)30-20(3)18-23/h5-8,17-18,24H,4,9-16H2,1-3H3,(H2,29,30,31,35). The third kappa shape index (κ3) is 6.14. The summed E-state index contributed by atoms with van der Waals surface area (Å²) >= 11 is 6.06. The number of carbonyl (C=O) groups is 2. The van der Waals surface area contributed by atoms with Crippen molar-refractivity contribution in [2.45, 2.75) is 57.9 Å². The van der Waals surface area contributed by atoms with E-state index in [0.29, 0.717) is 11.6 Å². The third-order valence-corrected chi connectivity index (χ3v) is 7.46. The highest BCUT2D eigenvalue weighted by atomic mass is 35.5. The molecular weight excluding hydrogens is 462 g/mol. The molecule has 2 aliphatic rings. The Labute approximate surface area is 213 Å². The molecule has 7 nitrogen and oxygen atoms in total. The molecule has 2 fully saturated rings. The number of piperidine rings is 1. The monoisotopic (exact) mass is 497 g/mol. The van der Waals surface area contributed by atoms with Gasteiger partial charge in [0.15, 0.2) is 0 Å². The zero-order valence-electron chi connectivity index (χ0n) is 20.9. The van der Waals surface area contributed by atoms with Crippen molar-refractivity contribution >= 4 is 29.2 Å². The minimum Gasteiger partial charge on any atom is -0.339 e. The molecule has 2 N–H and O–H groups in total. The van der Waals surface area contributed by atoms with Crippen molar-refractivity contribution in [1.82, 2.24) is 20.1 Å². The minimum atomic E-state index is -0.360. The van der Waals surface area contributed by atoms with Crippen LogP contribution in [0.1, 0.15) is 49.6 Å². The lowest BCUT2D eigenvalue weighted by Crippen LogP contribution is -2.51. The lowest BCUT2D eigenvalue weighted by atomic mass is 9.92. The Morgan fingerprint density at radius 1 is 1.11 bits per heavy atom. The van der Waals surface area contributed by atoms with E-state index in [4.69, 9.17) is 11.6 Å². The number of aryl methyl sites for hydroxylation is 2. The number of likely N-dealkylation sites (tertiary alicyclic amines) is 1. The Morgan fingerprint density at radius 3 is 2.31 bits per heavy atom. The van der Waals surface area contributed by atoms with Gasteiger partial charge in [-0.25, -0.2) is 4.79 Å². The number of pyridine rings is 1. The van der Waals surface area contributed by atoms with Gasteiger partial charge in [0.05, 0.1) is 5.41 Å². The molecule has 1 saturated carbocycles. The van der Waals surface area contributed by atoms with E-state index in [9.17, 15) is 9.59 Å². The molecule has 0 bridgehead atoms. The van der Waals surface area contributed by atoms with Gasteiger partial charge in [-0.1, -0.05) is 23.7 Å². The Balaban J connectivity index is 1.23. The molecule has 0 unspecified atom stereocenters. The van der Waals surface area contributed by atoms with E-state index in [1.807, 2.05) is 50.2 Å². The molecule has 4 rings (SSSR count). The fraction of sp³-hybridized carbons (Fsp3) is 0.519. The van der Waals surface area contributed by atoms with Gasteiger partial charge < -0.3 is 20.4 Å². The maximum atomic E-state index is 13.6. The molecule has 35 heavy (non-hydrogen) atoms. The fourth-order valence-electron chi connectivity index (χ4n) is 5.23. The van der Waals surface area contributed by atoms with Crippen LogP contribution in [0, 0.1) is 13.8 Å². The van der Waals surface area contributed by atoms with Crippen molar-refractivity contribution in [2.75, 3.05) is 38.0 Å². The predicted octanol–water partition coefficient (Wildman–Crippen LogP) is 4.52. The average molecular weight is 498 g/mol. The van der Waals surface area contributed by atoms with E-state index in [2.05, 4.69) is 32.3 Å². The molecule has 1 aliphatic carbocycles. The number of aromatic nitrogens is 1. The predicted molar refractivity (Wildman–Crippen MR) is 140 cm³/mol. The largest absolute Gasteiger partial charge is 0.339 e. The van der Waals surface area contributed by atoms with Gasteiger partial charge in [-0.05, 0) is 76.3 Å². The molecule has 8 heteroatoms. The van der Waals surface area contributed by atoms with Gasteiger partial charge in [0, 0.05) is 60.9 Å². The lowest BCUT2D eigenvalue weighted by molar-refractivity contribution is -0.137. The summed E-state index contributed by atoms with van der Waals surface area (Å²) in [5.74, 6) is 0.265. The second kappa shape index (κ2) is 11.0. The number of amides is 3. The quantitative estimate of drug-likeness (QED) is 0.562. The van der Waals surface area contributed by atoms with Gasteiger partial charge in [0.2, 0.25) is 5.91 Å².